The van der Waals surface area contributed by atoms with E-state index in [2.05, 4.69) is 51.6 Å². The number of thiol groups is 1. The standard InChI is InChI=1S/C12H16OS/c1-8(14)9-4-5-10-7-12(2,3)13-11(10)6-9/h4-6,8,14H,7H2,1-3H3. The second kappa shape index (κ2) is 3.20. The molecule has 1 aliphatic heterocycles. The van der Waals surface area contributed by atoms with E-state index in [-0.39, 0.29) is 10.9 Å². The first-order valence-corrected chi connectivity index (χ1v) is 5.49. The van der Waals surface area contributed by atoms with E-state index >= 15 is 0 Å². The topological polar surface area (TPSA) is 9.23 Å². The molecule has 14 heavy (non-hydrogen) atoms. The highest BCUT2D eigenvalue weighted by atomic mass is 32.1. The largest absolute Gasteiger partial charge is 0.487 e. The maximum atomic E-state index is 5.85. The first kappa shape index (κ1) is 9.91. The van der Waals surface area contributed by atoms with E-state index in [0.29, 0.717) is 0 Å². The summed E-state index contributed by atoms with van der Waals surface area (Å²) < 4.78 is 5.85. The highest BCUT2D eigenvalue weighted by Gasteiger charge is 2.29. The Labute approximate surface area is 90.9 Å². The molecule has 0 radical (unpaired) electrons. The minimum atomic E-state index is -0.0409. The highest BCUT2D eigenvalue weighted by Crippen LogP contribution is 2.37. The van der Waals surface area contributed by atoms with E-state index < -0.39 is 0 Å². The predicted molar refractivity (Wildman–Crippen MR) is 62.3 cm³/mol. The zero-order valence-corrected chi connectivity index (χ0v) is 9.77. The molecule has 0 N–H and O–H groups in total. The van der Waals surface area contributed by atoms with E-state index in [9.17, 15) is 0 Å². The molecule has 1 unspecified atom stereocenters. The van der Waals surface area contributed by atoms with Gasteiger partial charge in [0.2, 0.25) is 0 Å². The van der Waals surface area contributed by atoms with Crippen molar-refractivity contribution < 1.29 is 4.74 Å². The average Bonchev–Trinajstić information content (AvgIpc) is 2.36. The second-order valence-corrected chi connectivity index (χ2v) is 5.36. The predicted octanol–water partition coefficient (Wildman–Crippen LogP) is 3.39. The van der Waals surface area contributed by atoms with Crippen LogP contribution in [0.15, 0.2) is 18.2 Å². The molecule has 0 saturated heterocycles. The van der Waals surface area contributed by atoms with E-state index in [1.807, 2.05) is 0 Å². The molecule has 0 spiro atoms. The van der Waals surface area contributed by atoms with Crippen molar-refractivity contribution in [1.82, 2.24) is 0 Å². The second-order valence-electron chi connectivity index (χ2n) is 4.58. The number of fused-ring (bicyclic) bond motifs is 1. The fourth-order valence-electron chi connectivity index (χ4n) is 1.86. The van der Waals surface area contributed by atoms with Crippen LogP contribution >= 0.6 is 12.6 Å². The van der Waals surface area contributed by atoms with Gasteiger partial charge in [-0.25, -0.2) is 0 Å². The molecule has 0 fully saturated rings. The van der Waals surface area contributed by atoms with E-state index in [4.69, 9.17) is 4.74 Å². The van der Waals surface area contributed by atoms with E-state index in [1.54, 1.807) is 0 Å². The molecule has 2 rings (SSSR count). The molecule has 0 aromatic heterocycles. The lowest BCUT2D eigenvalue weighted by molar-refractivity contribution is 0.138. The smallest absolute Gasteiger partial charge is 0.123 e. The third-order valence-corrected chi connectivity index (χ3v) is 2.87. The van der Waals surface area contributed by atoms with Crippen LogP contribution in [0.5, 0.6) is 5.75 Å². The minimum absolute atomic E-state index is 0.0409. The van der Waals surface area contributed by atoms with Crippen LogP contribution in [0, 0.1) is 0 Å². The minimum Gasteiger partial charge on any atom is -0.487 e. The van der Waals surface area contributed by atoms with Gasteiger partial charge in [-0.3, -0.25) is 0 Å². The van der Waals surface area contributed by atoms with Crippen LogP contribution in [-0.4, -0.2) is 5.60 Å². The molecule has 76 valence electrons. The molecule has 0 amide bonds. The van der Waals surface area contributed by atoms with Gasteiger partial charge in [0.25, 0.3) is 0 Å². The van der Waals surface area contributed by atoms with Gasteiger partial charge in [-0.15, -0.1) is 0 Å². The Kier molecular flexibility index (Phi) is 2.26. The summed E-state index contributed by atoms with van der Waals surface area (Å²) in [4.78, 5) is 0. The molecule has 0 saturated carbocycles. The molecule has 1 nitrogen and oxygen atoms in total. The van der Waals surface area contributed by atoms with E-state index in [1.165, 1.54) is 11.1 Å². The van der Waals surface area contributed by atoms with Gasteiger partial charge < -0.3 is 4.74 Å². The lowest BCUT2D eigenvalue weighted by Crippen LogP contribution is -2.24. The molecule has 1 aromatic rings. The van der Waals surface area contributed by atoms with Crippen molar-refractivity contribution in [1.29, 1.82) is 0 Å². The monoisotopic (exact) mass is 208 g/mol. The third-order valence-electron chi connectivity index (χ3n) is 2.58. The van der Waals surface area contributed by atoms with Gasteiger partial charge in [0.1, 0.15) is 11.4 Å². The Morgan fingerprint density at radius 3 is 2.79 bits per heavy atom. The van der Waals surface area contributed by atoms with Crippen molar-refractivity contribution in [2.45, 2.75) is 38.0 Å². The Balaban J connectivity index is 2.36. The fraction of sp³-hybridized carbons (Fsp3) is 0.500. The highest BCUT2D eigenvalue weighted by molar-refractivity contribution is 7.80. The number of hydrogen-bond acceptors (Lipinski definition) is 2. The zero-order valence-electron chi connectivity index (χ0n) is 8.87. The molecule has 1 heterocycles. The van der Waals surface area contributed by atoms with Gasteiger partial charge in [0, 0.05) is 11.7 Å². The first-order chi connectivity index (χ1) is 6.48. The normalized spacial score (nSPS) is 20.0. The van der Waals surface area contributed by atoms with Crippen LogP contribution in [0.1, 0.15) is 37.1 Å². The van der Waals surface area contributed by atoms with Crippen molar-refractivity contribution in [3.05, 3.63) is 29.3 Å². The van der Waals surface area contributed by atoms with Crippen LogP contribution in [0.4, 0.5) is 0 Å². The summed E-state index contributed by atoms with van der Waals surface area (Å²) in [6, 6.07) is 6.41. The number of rotatable bonds is 1. The third kappa shape index (κ3) is 1.76. The number of hydrogen-bond donors (Lipinski definition) is 1. The van der Waals surface area contributed by atoms with Gasteiger partial charge in [-0.2, -0.15) is 12.6 Å². The maximum Gasteiger partial charge on any atom is 0.123 e. The van der Waals surface area contributed by atoms with Crippen LogP contribution in [0.25, 0.3) is 0 Å². The molecule has 1 atom stereocenters. The molecular formula is C12H16OS. The van der Waals surface area contributed by atoms with Crippen molar-refractivity contribution in [3.63, 3.8) is 0 Å². The molecule has 1 aromatic carbocycles. The van der Waals surface area contributed by atoms with Crippen molar-refractivity contribution in [2.24, 2.45) is 0 Å². The summed E-state index contributed by atoms with van der Waals surface area (Å²) >= 11 is 4.42. The summed E-state index contributed by atoms with van der Waals surface area (Å²) in [5.41, 5.74) is 2.50. The van der Waals surface area contributed by atoms with Gasteiger partial charge in [0.05, 0.1) is 0 Å². The first-order valence-electron chi connectivity index (χ1n) is 4.98. The SMILES string of the molecule is CC(S)c1ccc2c(c1)OC(C)(C)C2. The summed E-state index contributed by atoms with van der Waals surface area (Å²) in [7, 11) is 0. The fourth-order valence-corrected chi connectivity index (χ4v) is 2.03. The average molecular weight is 208 g/mol. The molecule has 1 aliphatic rings. The zero-order chi connectivity index (χ0) is 10.3. The van der Waals surface area contributed by atoms with Crippen LogP contribution < -0.4 is 4.74 Å². The van der Waals surface area contributed by atoms with Gasteiger partial charge in [0.15, 0.2) is 0 Å². The van der Waals surface area contributed by atoms with Crippen molar-refractivity contribution >= 4 is 12.6 Å². The van der Waals surface area contributed by atoms with Crippen LogP contribution in [0.3, 0.4) is 0 Å². The van der Waals surface area contributed by atoms with Crippen LogP contribution in [-0.2, 0) is 6.42 Å². The van der Waals surface area contributed by atoms with Crippen molar-refractivity contribution in [2.75, 3.05) is 0 Å². The Morgan fingerprint density at radius 2 is 2.14 bits per heavy atom. The molecule has 0 aliphatic carbocycles. The number of benzene rings is 1. The Morgan fingerprint density at radius 1 is 1.43 bits per heavy atom. The van der Waals surface area contributed by atoms with Gasteiger partial charge >= 0.3 is 0 Å². The molecule has 2 heteroatoms. The summed E-state index contributed by atoms with van der Waals surface area (Å²) in [5, 5.41) is 0.271. The lowest BCUT2D eigenvalue weighted by Gasteiger charge is -2.17. The van der Waals surface area contributed by atoms with Crippen molar-refractivity contribution in [3.8, 4) is 5.75 Å². The van der Waals surface area contributed by atoms with Gasteiger partial charge in [-0.05, 0) is 38.0 Å². The Bertz CT molecular complexity index is 355. The Hall–Kier alpha value is -0.630. The maximum absolute atomic E-state index is 5.85. The van der Waals surface area contributed by atoms with Crippen LogP contribution in [0.2, 0.25) is 0 Å². The summed E-state index contributed by atoms with van der Waals surface area (Å²) in [5.74, 6) is 1.04. The molecular weight excluding hydrogens is 192 g/mol. The molecule has 0 bridgehead atoms. The van der Waals surface area contributed by atoms with E-state index in [0.717, 1.165) is 12.2 Å². The summed E-state index contributed by atoms with van der Waals surface area (Å²) in [6.45, 7) is 6.32. The summed E-state index contributed by atoms with van der Waals surface area (Å²) in [6.07, 6.45) is 1.00. The quantitative estimate of drug-likeness (QED) is 0.696. The lowest BCUT2D eigenvalue weighted by atomic mass is 10.0. The van der Waals surface area contributed by atoms with Gasteiger partial charge in [-0.1, -0.05) is 12.1 Å². The number of ether oxygens (including phenoxy) is 1.